The quantitative estimate of drug-likeness (QED) is 0.704. The second-order valence-electron chi connectivity index (χ2n) is 7.30. The number of unbranched alkanes of at least 4 members (excludes halogenated alkanes) is 1. The van der Waals surface area contributed by atoms with Crippen LogP contribution in [-0.4, -0.2) is 37.1 Å². The summed E-state index contributed by atoms with van der Waals surface area (Å²) in [4.78, 5) is 2.47. The van der Waals surface area contributed by atoms with Crippen LogP contribution < -0.4 is 5.32 Å². The maximum Gasteiger partial charge on any atom is 0.0233 e. The molecule has 114 valence electrons. The Bertz CT molecular complexity index is 254. The van der Waals surface area contributed by atoms with Crippen LogP contribution in [0.4, 0.5) is 0 Å². The molecule has 0 bridgehead atoms. The standard InChI is InChI=1S/C17H36N2/c1-7-9-12-18-17(5,16(3,4)8-2)15-10-13-19(6)14-11-15/h15,18H,7-14H2,1-6H3. The predicted molar refractivity (Wildman–Crippen MR) is 85.6 cm³/mol. The number of piperidine rings is 1. The smallest absolute Gasteiger partial charge is 0.0233 e. The van der Waals surface area contributed by atoms with Crippen LogP contribution in [0.5, 0.6) is 0 Å². The molecule has 1 atom stereocenters. The zero-order valence-electron chi connectivity index (χ0n) is 14.2. The molecular formula is C17H36N2. The van der Waals surface area contributed by atoms with Crippen molar-refractivity contribution in [3.63, 3.8) is 0 Å². The fraction of sp³-hybridized carbons (Fsp3) is 1.00. The van der Waals surface area contributed by atoms with Gasteiger partial charge in [0.05, 0.1) is 0 Å². The summed E-state index contributed by atoms with van der Waals surface area (Å²) in [5.41, 5.74) is 0.638. The van der Waals surface area contributed by atoms with Gasteiger partial charge < -0.3 is 10.2 Å². The van der Waals surface area contributed by atoms with Crippen LogP contribution in [0.3, 0.4) is 0 Å². The van der Waals surface area contributed by atoms with E-state index in [0.717, 1.165) is 5.92 Å². The van der Waals surface area contributed by atoms with Gasteiger partial charge in [0.15, 0.2) is 0 Å². The van der Waals surface area contributed by atoms with E-state index < -0.39 is 0 Å². The van der Waals surface area contributed by atoms with Crippen LogP contribution in [0.15, 0.2) is 0 Å². The van der Waals surface area contributed by atoms with E-state index in [1.807, 2.05) is 0 Å². The molecule has 1 heterocycles. The summed E-state index contributed by atoms with van der Waals surface area (Å²) in [5, 5.41) is 3.95. The van der Waals surface area contributed by atoms with Crippen LogP contribution in [-0.2, 0) is 0 Å². The van der Waals surface area contributed by atoms with E-state index in [1.54, 1.807) is 0 Å². The SMILES string of the molecule is CCCCNC(C)(C1CCN(C)CC1)C(C)(C)CC. The Balaban J connectivity index is 2.79. The third-order valence-electron chi connectivity index (χ3n) is 5.85. The van der Waals surface area contributed by atoms with E-state index in [0.29, 0.717) is 5.41 Å². The molecule has 0 amide bonds. The number of nitrogens with zero attached hydrogens (tertiary/aromatic N) is 1. The molecule has 0 aromatic heterocycles. The van der Waals surface area contributed by atoms with E-state index in [1.165, 1.54) is 51.7 Å². The Morgan fingerprint density at radius 3 is 2.16 bits per heavy atom. The van der Waals surface area contributed by atoms with Crippen molar-refractivity contribution in [3.8, 4) is 0 Å². The average molecular weight is 268 g/mol. The lowest BCUT2D eigenvalue weighted by molar-refractivity contribution is 0.0317. The molecule has 0 aromatic carbocycles. The molecule has 2 nitrogen and oxygen atoms in total. The van der Waals surface area contributed by atoms with Crippen LogP contribution in [0.2, 0.25) is 0 Å². The molecule has 1 rings (SSSR count). The van der Waals surface area contributed by atoms with E-state index in [2.05, 4.69) is 51.9 Å². The molecule has 0 saturated carbocycles. The summed E-state index contributed by atoms with van der Waals surface area (Å²) in [5.74, 6) is 0.815. The van der Waals surface area contributed by atoms with E-state index in [4.69, 9.17) is 0 Å². The third-order valence-corrected chi connectivity index (χ3v) is 5.85. The minimum Gasteiger partial charge on any atom is -0.311 e. The zero-order chi connectivity index (χ0) is 14.5. The Morgan fingerprint density at radius 2 is 1.68 bits per heavy atom. The summed E-state index contributed by atoms with van der Waals surface area (Å²) >= 11 is 0. The lowest BCUT2D eigenvalue weighted by Gasteiger charge is -2.52. The number of hydrogen-bond donors (Lipinski definition) is 1. The van der Waals surface area contributed by atoms with Gasteiger partial charge in [-0.3, -0.25) is 0 Å². The summed E-state index contributed by atoms with van der Waals surface area (Å²) in [6.45, 7) is 15.7. The topological polar surface area (TPSA) is 15.3 Å². The predicted octanol–water partition coefficient (Wildman–Crippen LogP) is 3.91. The van der Waals surface area contributed by atoms with Gasteiger partial charge in [0.1, 0.15) is 0 Å². The Hall–Kier alpha value is -0.0800. The largest absolute Gasteiger partial charge is 0.311 e. The molecule has 19 heavy (non-hydrogen) atoms. The Morgan fingerprint density at radius 1 is 1.11 bits per heavy atom. The average Bonchev–Trinajstić information content (AvgIpc) is 2.39. The lowest BCUT2D eigenvalue weighted by atomic mass is 9.62. The van der Waals surface area contributed by atoms with Gasteiger partial charge in [-0.25, -0.2) is 0 Å². The molecule has 1 aliphatic heterocycles. The molecule has 0 radical (unpaired) electrons. The fourth-order valence-electron chi connectivity index (χ4n) is 3.41. The molecule has 0 aromatic rings. The summed E-state index contributed by atoms with van der Waals surface area (Å²) in [7, 11) is 2.25. The summed E-state index contributed by atoms with van der Waals surface area (Å²) in [6.07, 6.45) is 6.51. The van der Waals surface area contributed by atoms with E-state index >= 15 is 0 Å². The van der Waals surface area contributed by atoms with Crippen molar-refractivity contribution in [1.29, 1.82) is 0 Å². The van der Waals surface area contributed by atoms with Crippen molar-refractivity contribution < 1.29 is 0 Å². The second-order valence-corrected chi connectivity index (χ2v) is 7.30. The van der Waals surface area contributed by atoms with Gasteiger partial charge in [-0.15, -0.1) is 0 Å². The second kappa shape index (κ2) is 7.08. The highest BCUT2D eigenvalue weighted by Crippen LogP contribution is 2.43. The molecule has 1 N–H and O–H groups in total. The van der Waals surface area contributed by atoms with Gasteiger partial charge in [-0.05, 0) is 70.6 Å². The Kier molecular flexibility index (Phi) is 6.32. The van der Waals surface area contributed by atoms with Crippen molar-refractivity contribution in [2.24, 2.45) is 11.3 Å². The van der Waals surface area contributed by atoms with Crippen molar-refractivity contribution in [3.05, 3.63) is 0 Å². The Labute approximate surface area is 121 Å². The monoisotopic (exact) mass is 268 g/mol. The van der Waals surface area contributed by atoms with Crippen LogP contribution in [0, 0.1) is 11.3 Å². The highest BCUT2D eigenvalue weighted by Gasteiger charge is 2.45. The summed E-state index contributed by atoms with van der Waals surface area (Å²) < 4.78 is 0. The molecule has 0 spiro atoms. The van der Waals surface area contributed by atoms with E-state index in [-0.39, 0.29) is 5.54 Å². The number of likely N-dealkylation sites (tertiary alicyclic amines) is 1. The molecule has 1 unspecified atom stereocenters. The highest BCUT2D eigenvalue weighted by molar-refractivity contribution is 5.02. The number of nitrogens with one attached hydrogen (secondary N) is 1. The van der Waals surface area contributed by atoms with Crippen molar-refractivity contribution in [2.45, 2.75) is 72.3 Å². The molecule has 1 aliphatic rings. The van der Waals surface area contributed by atoms with Crippen molar-refractivity contribution in [2.75, 3.05) is 26.7 Å². The van der Waals surface area contributed by atoms with Gasteiger partial charge in [0.25, 0.3) is 0 Å². The molecule has 2 heteroatoms. The first kappa shape index (κ1) is 17.0. The lowest BCUT2D eigenvalue weighted by Crippen LogP contribution is -2.60. The normalized spacial score (nSPS) is 22.4. The first-order valence-corrected chi connectivity index (χ1v) is 8.31. The van der Waals surface area contributed by atoms with E-state index in [9.17, 15) is 0 Å². The van der Waals surface area contributed by atoms with Crippen LogP contribution in [0.25, 0.3) is 0 Å². The minimum absolute atomic E-state index is 0.276. The summed E-state index contributed by atoms with van der Waals surface area (Å²) in [6, 6.07) is 0. The molecule has 0 aliphatic carbocycles. The zero-order valence-corrected chi connectivity index (χ0v) is 14.2. The molecular weight excluding hydrogens is 232 g/mol. The van der Waals surface area contributed by atoms with Crippen molar-refractivity contribution >= 4 is 0 Å². The van der Waals surface area contributed by atoms with Gasteiger partial charge in [0.2, 0.25) is 0 Å². The van der Waals surface area contributed by atoms with Crippen molar-refractivity contribution in [1.82, 2.24) is 10.2 Å². The highest BCUT2D eigenvalue weighted by atomic mass is 15.1. The maximum atomic E-state index is 3.95. The van der Waals surface area contributed by atoms with Crippen LogP contribution in [0.1, 0.15) is 66.7 Å². The maximum absolute atomic E-state index is 3.95. The number of rotatable bonds is 7. The van der Waals surface area contributed by atoms with Crippen LogP contribution >= 0.6 is 0 Å². The first-order valence-electron chi connectivity index (χ1n) is 8.31. The van der Waals surface area contributed by atoms with Gasteiger partial charge >= 0.3 is 0 Å². The molecule has 1 fully saturated rings. The molecule has 1 saturated heterocycles. The third kappa shape index (κ3) is 3.95. The van der Waals surface area contributed by atoms with Gasteiger partial charge in [0, 0.05) is 5.54 Å². The minimum atomic E-state index is 0.276. The number of hydrogen-bond acceptors (Lipinski definition) is 2. The van der Waals surface area contributed by atoms with Gasteiger partial charge in [-0.2, -0.15) is 0 Å². The first-order chi connectivity index (χ1) is 8.87. The van der Waals surface area contributed by atoms with Gasteiger partial charge in [-0.1, -0.05) is 34.1 Å². The fourth-order valence-corrected chi connectivity index (χ4v) is 3.41.